The van der Waals surface area contributed by atoms with Crippen molar-refractivity contribution in [3.63, 3.8) is 0 Å². The second kappa shape index (κ2) is 4.06. The molecule has 0 saturated heterocycles. The molecule has 1 fully saturated rings. The summed E-state index contributed by atoms with van der Waals surface area (Å²) < 4.78 is 6.01. The lowest BCUT2D eigenvalue weighted by molar-refractivity contribution is 0.199. The monoisotopic (exact) mass is 287 g/mol. The highest BCUT2D eigenvalue weighted by atomic mass is 79.9. The van der Waals surface area contributed by atoms with Crippen molar-refractivity contribution in [2.24, 2.45) is 0 Å². The molecule has 1 aliphatic carbocycles. The number of rotatable bonds is 2. The highest BCUT2D eigenvalue weighted by Crippen LogP contribution is 2.38. The Bertz CT molecular complexity index is 376. The van der Waals surface area contributed by atoms with E-state index in [4.69, 9.17) is 4.74 Å². The molecule has 0 unspecified atom stereocenters. The van der Waals surface area contributed by atoms with Gasteiger partial charge in [-0.3, -0.25) is 0 Å². The van der Waals surface area contributed by atoms with Crippen molar-refractivity contribution in [2.45, 2.75) is 17.7 Å². The zero-order valence-corrected chi connectivity index (χ0v) is 10.3. The Hall–Kier alpha value is -0.680. The molecule has 0 aliphatic heterocycles. The number of carbonyl (C=O) groups excluding carboxylic acids is 1. The summed E-state index contributed by atoms with van der Waals surface area (Å²) in [4.78, 5) is 11.0. The molecule has 15 heavy (non-hydrogen) atoms. The summed E-state index contributed by atoms with van der Waals surface area (Å²) in [6, 6.07) is 7.08. The number of carbonyl (C=O) groups is 1. The van der Waals surface area contributed by atoms with E-state index in [0.717, 1.165) is 17.3 Å². The number of nitrogens with one attached hydrogen (secondary N) is 1. The molecule has 2 rings (SSSR count). The topological polar surface area (TPSA) is 38.3 Å². The molecule has 1 aromatic rings. The Morgan fingerprint density at radius 1 is 1.40 bits per heavy atom. The van der Waals surface area contributed by atoms with Crippen molar-refractivity contribution in [1.29, 1.82) is 0 Å². The fraction of sp³-hybridized carbons (Fsp3) is 0.300. The summed E-state index contributed by atoms with van der Waals surface area (Å²) in [6.45, 7) is 0. The van der Waals surface area contributed by atoms with Crippen LogP contribution in [0.5, 0.6) is 5.75 Å². The molecule has 1 N–H and O–H groups in total. The molecule has 0 bridgehead atoms. The second-order valence-corrected chi connectivity index (χ2v) is 5.27. The Balaban J connectivity index is 1.91. The van der Waals surface area contributed by atoms with E-state index in [-0.39, 0.29) is 4.87 Å². The molecular weight excluding hydrogens is 278 g/mol. The summed E-state index contributed by atoms with van der Waals surface area (Å²) >= 11 is 7.57. The van der Waals surface area contributed by atoms with E-state index in [1.165, 1.54) is 0 Å². The molecule has 80 valence electrons. The first-order chi connectivity index (χ1) is 7.07. The summed E-state index contributed by atoms with van der Waals surface area (Å²) in [5.41, 5.74) is 0. The maximum Gasteiger partial charge on any atom is 0.413 e. The fourth-order valence-electron chi connectivity index (χ4n) is 1.07. The van der Waals surface area contributed by atoms with Crippen LogP contribution in [0.3, 0.4) is 0 Å². The van der Waals surface area contributed by atoms with Crippen LogP contribution < -0.4 is 10.1 Å². The third-order valence-corrected chi connectivity index (χ3v) is 3.17. The van der Waals surface area contributed by atoms with Crippen molar-refractivity contribution in [3.8, 4) is 5.75 Å². The summed E-state index contributed by atoms with van der Waals surface area (Å²) in [6.07, 6.45) is 1.33. The maximum atomic E-state index is 11.4. The zero-order valence-electron chi connectivity index (χ0n) is 7.87. The molecule has 5 heteroatoms. The minimum absolute atomic E-state index is 0.341. The van der Waals surface area contributed by atoms with E-state index in [9.17, 15) is 4.79 Å². The molecule has 0 aromatic heterocycles. The number of amides is 1. The average molecular weight is 288 g/mol. The second-order valence-electron chi connectivity index (χ2n) is 3.50. The van der Waals surface area contributed by atoms with Crippen LogP contribution in [0.2, 0.25) is 0 Å². The van der Waals surface area contributed by atoms with Crippen molar-refractivity contribution in [1.82, 2.24) is 5.32 Å². The van der Waals surface area contributed by atoms with Crippen LogP contribution in [0.1, 0.15) is 12.8 Å². The predicted octanol–water partition coefficient (Wildman–Crippen LogP) is 2.96. The van der Waals surface area contributed by atoms with Gasteiger partial charge in [-0.15, -0.1) is 0 Å². The van der Waals surface area contributed by atoms with Gasteiger partial charge in [0.05, 0.1) is 4.87 Å². The third kappa shape index (κ3) is 3.14. The third-order valence-electron chi connectivity index (χ3n) is 2.08. The van der Waals surface area contributed by atoms with E-state index >= 15 is 0 Å². The zero-order chi connectivity index (χ0) is 10.9. The quantitative estimate of drug-likeness (QED) is 0.648. The lowest BCUT2D eigenvalue weighted by Crippen LogP contribution is -2.34. The fourth-order valence-corrected chi connectivity index (χ4v) is 1.54. The van der Waals surface area contributed by atoms with Gasteiger partial charge in [0.2, 0.25) is 0 Å². The molecule has 0 atom stereocenters. The summed E-state index contributed by atoms with van der Waals surface area (Å²) in [7, 11) is 0. The van der Waals surface area contributed by atoms with Crippen molar-refractivity contribution < 1.29 is 9.53 Å². The van der Waals surface area contributed by atoms with E-state index in [1.54, 1.807) is 12.1 Å². The normalized spacial score (nSPS) is 16.9. The molecule has 3 nitrogen and oxygen atoms in total. The van der Waals surface area contributed by atoms with Gasteiger partial charge in [0.25, 0.3) is 0 Å². The summed E-state index contributed by atoms with van der Waals surface area (Å²) in [5.74, 6) is 0.522. The van der Waals surface area contributed by atoms with Gasteiger partial charge in [-0.1, -0.05) is 15.9 Å². The van der Waals surface area contributed by atoms with Gasteiger partial charge >= 0.3 is 6.09 Å². The molecule has 1 aliphatic rings. The molecular formula is C10H10BrNO2S. The van der Waals surface area contributed by atoms with Crippen LogP contribution in [-0.2, 0) is 0 Å². The Labute approximate surface area is 102 Å². The van der Waals surface area contributed by atoms with Crippen LogP contribution in [0.25, 0.3) is 0 Å². The van der Waals surface area contributed by atoms with E-state index in [0.29, 0.717) is 5.75 Å². The minimum Gasteiger partial charge on any atom is -0.410 e. The smallest absolute Gasteiger partial charge is 0.410 e. The molecule has 0 radical (unpaired) electrons. The predicted molar refractivity (Wildman–Crippen MR) is 64.3 cm³/mol. The van der Waals surface area contributed by atoms with E-state index < -0.39 is 6.09 Å². The van der Waals surface area contributed by atoms with Crippen LogP contribution in [0.15, 0.2) is 28.7 Å². The molecule has 0 spiro atoms. The number of ether oxygens (including phenoxy) is 1. The van der Waals surface area contributed by atoms with Gasteiger partial charge in [0.15, 0.2) is 0 Å². The van der Waals surface area contributed by atoms with Gasteiger partial charge in [-0.2, -0.15) is 12.6 Å². The standard InChI is InChI=1S/C10H10BrNO2S/c11-7-1-3-8(4-2-7)14-9(13)12-10(15)5-6-10/h1-4,15H,5-6H2,(H,12,13). The average Bonchev–Trinajstić information content (AvgIpc) is 2.87. The Kier molecular flexibility index (Phi) is 2.93. The summed E-state index contributed by atoms with van der Waals surface area (Å²) in [5, 5.41) is 2.68. The first kappa shape index (κ1) is 10.8. The lowest BCUT2D eigenvalue weighted by atomic mass is 10.3. The van der Waals surface area contributed by atoms with Gasteiger partial charge in [0.1, 0.15) is 5.75 Å². The number of benzene rings is 1. The number of hydrogen-bond acceptors (Lipinski definition) is 3. The van der Waals surface area contributed by atoms with Gasteiger partial charge < -0.3 is 10.1 Å². The van der Waals surface area contributed by atoms with Gasteiger partial charge in [-0.25, -0.2) is 4.79 Å². The van der Waals surface area contributed by atoms with Gasteiger partial charge in [0, 0.05) is 4.47 Å². The van der Waals surface area contributed by atoms with Crippen LogP contribution in [0, 0.1) is 0 Å². The van der Waals surface area contributed by atoms with Crippen molar-refractivity contribution in [3.05, 3.63) is 28.7 Å². The van der Waals surface area contributed by atoms with Gasteiger partial charge in [-0.05, 0) is 37.1 Å². The molecule has 1 amide bonds. The van der Waals surface area contributed by atoms with Crippen molar-refractivity contribution >= 4 is 34.7 Å². The Morgan fingerprint density at radius 2 is 2.00 bits per heavy atom. The first-order valence-corrected chi connectivity index (χ1v) is 5.79. The lowest BCUT2D eigenvalue weighted by Gasteiger charge is -2.10. The van der Waals surface area contributed by atoms with Crippen LogP contribution in [0.4, 0.5) is 4.79 Å². The molecule has 0 heterocycles. The first-order valence-electron chi connectivity index (χ1n) is 4.55. The highest BCUT2D eigenvalue weighted by molar-refractivity contribution is 9.10. The van der Waals surface area contributed by atoms with Crippen LogP contribution in [-0.4, -0.2) is 11.0 Å². The SMILES string of the molecule is O=C(NC1(S)CC1)Oc1ccc(Br)cc1. The Morgan fingerprint density at radius 3 is 2.53 bits per heavy atom. The van der Waals surface area contributed by atoms with E-state index in [2.05, 4.69) is 33.9 Å². The molecule has 1 saturated carbocycles. The number of halogens is 1. The number of hydrogen-bond donors (Lipinski definition) is 2. The maximum absolute atomic E-state index is 11.4. The van der Waals surface area contributed by atoms with Crippen LogP contribution >= 0.6 is 28.6 Å². The molecule has 1 aromatic carbocycles. The van der Waals surface area contributed by atoms with Crippen molar-refractivity contribution in [2.75, 3.05) is 0 Å². The largest absolute Gasteiger partial charge is 0.413 e. The number of thiol groups is 1. The minimum atomic E-state index is -0.454. The van der Waals surface area contributed by atoms with E-state index in [1.807, 2.05) is 12.1 Å². The highest BCUT2D eigenvalue weighted by Gasteiger charge is 2.40.